The Bertz CT molecular complexity index is 1310. The molecule has 3 fully saturated rings. The predicted molar refractivity (Wildman–Crippen MR) is 149 cm³/mol. The molecule has 1 saturated carbocycles. The Morgan fingerprint density at radius 3 is 2.24 bits per heavy atom. The maximum atomic E-state index is 13.2. The third-order valence-corrected chi connectivity index (χ3v) is 10.4. The number of carbonyl (C=O) groups excluding carboxylic acids is 4. The Balaban J connectivity index is 1.29. The lowest BCUT2D eigenvalue weighted by molar-refractivity contribution is -0.139. The maximum Gasteiger partial charge on any atom is 0.316 e. The number of nitrogens with zero attached hydrogens (tertiary/aromatic N) is 2. The quantitative estimate of drug-likeness (QED) is 0.192. The van der Waals surface area contributed by atoms with Crippen molar-refractivity contribution in [3.8, 4) is 11.5 Å². The molecule has 2 saturated heterocycles. The van der Waals surface area contributed by atoms with E-state index in [9.17, 15) is 19.2 Å². The van der Waals surface area contributed by atoms with E-state index in [0.29, 0.717) is 40.6 Å². The van der Waals surface area contributed by atoms with Crippen LogP contribution in [0.25, 0.3) is 0 Å². The summed E-state index contributed by atoms with van der Waals surface area (Å²) >= 11 is 13.3. The molecule has 0 unspecified atom stereocenters. The number of aryl methyl sites for hydroxylation is 1. The second-order valence-electron chi connectivity index (χ2n) is 9.82. The highest BCUT2D eigenvalue weighted by atomic mass is 79.9. The molecular formula is C27H25Br2ClN2O6. The van der Waals surface area contributed by atoms with E-state index < -0.39 is 11.9 Å². The van der Waals surface area contributed by atoms with Gasteiger partial charge in [0.1, 0.15) is 11.5 Å². The molecule has 3 aliphatic rings. The number of imide groups is 1. The Morgan fingerprint density at radius 1 is 0.974 bits per heavy atom. The number of esters is 1. The fourth-order valence-corrected chi connectivity index (χ4v) is 6.85. The van der Waals surface area contributed by atoms with Gasteiger partial charge in [0, 0.05) is 27.6 Å². The SMILES string of the molecule is COc1ccc(Cl)cc1N1C[C@H](C(=O)Oc2ccc(N3C(=O)[C@@H]4C[C@@H](Br)[C@@H](Br)C[C@H]4C3=O)c(C)c2)CC1=O. The highest BCUT2D eigenvalue weighted by Gasteiger charge is 2.52. The fraction of sp³-hybridized carbons (Fsp3) is 0.407. The fourth-order valence-electron chi connectivity index (χ4n) is 5.45. The van der Waals surface area contributed by atoms with E-state index in [4.69, 9.17) is 21.1 Å². The van der Waals surface area contributed by atoms with Crippen LogP contribution in [0.2, 0.25) is 5.02 Å². The average molecular weight is 669 g/mol. The first-order chi connectivity index (χ1) is 18.1. The summed E-state index contributed by atoms with van der Waals surface area (Å²) in [6.45, 7) is 1.90. The summed E-state index contributed by atoms with van der Waals surface area (Å²) in [7, 11) is 1.50. The molecule has 0 radical (unpaired) electrons. The van der Waals surface area contributed by atoms with Crippen LogP contribution < -0.4 is 19.3 Å². The zero-order valence-corrected chi connectivity index (χ0v) is 24.6. The minimum atomic E-state index is -0.676. The number of carbonyl (C=O) groups is 4. The zero-order valence-electron chi connectivity index (χ0n) is 20.7. The van der Waals surface area contributed by atoms with Gasteiger partial charge in [-0.3, -0.25) is 19.2 Å². The van der Waals surface area contributed by atoms with Crippen LogP contribution >= 0.6 is 43.5 Å². The van der Waals surface area contributed by atoms with Crippen molar-refractivity contribution in [2.45, 2.75) is 35.8 Å². The highest BCUT2D eigenvalue weighted by Crippen LogP contribution is 2.45. The first-order valence-electron chi connectivity index (χ1n) is 12.2. The third-order valence-electron chi connectivity index (χ3n) is 7.43. The molecule has 200 valence electrons. The van der Waals surface area contributed by atoms with Crippen LogP contribution in [0, 0.1) is 24.7 Å². The Labute approximate surface area is 241 Å². The minimum absolute atomic E-state index is 0.00570. The van der Waals surface area contributed by atoms with Crippen LogP contribution in [0.5, 0.6) is 11.5 Å². The summed E-state index contributed by atoms with van der Waals surface area (Å²) in [5.41, 5.74) is 1.62. The summed E-state index contributed by atoms with van der Waals surface area (Å²) in [6.07, 6.45) is 1.18. The number of halogens is 3. The number of methoxy groups -OCH3 is 1. The first-order valence-corrected chi connectivity index (χ1v) is 14.4. The normalized spacial score (nSPS) is 27.1. The molecule has 38 heavy (non-hydrogen) atoms. The standard InChI is InChI=1S/C27H25Br2ClN2O6/c1-13-7-16(4-5-21(13)32-25(34)17-10-19(28)20(29)11-18(17)26(32)35)38-27(36)14-8-24(33)31(12-14)22-9-15(30)3-6-23(22)37-2/h3-7,9,14,17-20H,8,10-12H2,1-2H3/t14-,17-,18-,19-,20+/m1/s1. The molecule has 8 nitrogen and oxygen atoms in total. The molecule has 1 aliphatic carbocycles. The zero-order chi connectivity index (χ0) is 27.3. The van der Waals surface area contributed by atoms with E-state index in [1.54, 1.807) is 43.3 Å². The molecule has 5 atom stereocenters. The van der Waals surface area contributed by atoms with E-state index in [1.807, 2.05) is 0 Å². The van der Waals surface area contributed by atoms with E-state index in [1.165, 1.54) is 16.9 Å². The van der Waals surface area contributed by atoms with Gasteiger partial charge < -0.3 is 14.4 Å². The number of rotatable bonds is 5. The smallest absolute Gasteiger partial charge is 0.316 e. The highest BCUT2D eigenvalue weighted by molar-refractivity contribution is 9.12. The van der Waals surface area contributed by atoms with Crippen molar-refractivity contribution < 1.29 is 28.7 Å². The van der Waals surface area contributed by atoms with Crippen LogP contribution in [0.3, 0.4) is 0 Å². The monoisotopic (exact) mass is 666 g/mol. The van der Waals surface area contributed by atoms with E-state index >= 15 is 0 Å². The Kier molecular flexibility index (Phi) is 7.59. The van der Waals surface area contributed by atoms with Crippen LogP contribution in [0.4, 0.5) is 11.4 Å². The van der Waals surface area contributed by atoms with Crippen molar-refractivity contribution >= 4 is 78.5 Å². The lowest BCUT2D eigenvalue weighted by atomic mass is 9.81. The summed E-state index contributed by atoms with van der Waals surface area (Å²) in [5, 5.41) is 0.448. The lowest BCUT2D eigenvalue weighted by Crippen LogP contribution is -2.34. The molecular weight excluding hydrogens is 644 g/mol. The minimum Gasteiger partial charge on any atom is -0.495 e. The number of alkyl halides is 2. The second kappa shape index (κ2) is 10.6. The summed E-state index contributed by atoms with van der Waals surface area (Å²) in [5.74, 6) is -1.78. The van der Waals surface area contributed by atoms with Gasteiger partial charge in [-0.1, -0.05) is 43.5 Å². The van der Waals surface area contributed by atoms with Gasteiger partial charge in [0.05, 0.1) is 36.2 Å². The van der Waals surface area contributed by atoms with Crippen molar-refractivity contribution in [1.29, 1.82) is 0 Å². The summed E-state index contributed by atoms with van der Waals surface area (Å²) < 4.78 is 11.0. The number of amides is 3. The molecule has 0 spiro atoms. The van der Waals surface area contributed by atoms with Crippen LogP contribution in [-0.4, -0.2) is 47.0 Å². The molecule has 2 aromatic carbocycles. The summed E-state index contributed by atoms with van der Waals surface area (Å²) in [4.78, 5) is 55.0. The molecule has 2 heterocycles. The number of hydrogen-bond donors (Lipinski definition) is 0. The second-order valence-corrected chi connectivity index (χ2v) is 12.6. The molecule has 0 aromatic heterocycles. The third kappa shape index (κ3) is 4.86. The van der Waals surface area contributed by atoms with E-state index in [-0.39, 0.29) is 57.9 Å². The largest absolute Gasteiger partial charge is 0.495 e. The number of hydrogen-bond acceptors (Lipinski definition) is 6. The molecule has 3 amide bonds. The predicted octanol–water partition coefficient (Wildman–Crippen LogP) is 5.04. The number of ether oxygens (including phenoxy) is 2. The molecule has 0 bridgehead atoms. The van der Waals surface area contributed by atoms with Gasteiger partial charge in [-0.15, -0.1) is 0 Å². The van der Waals surface area contributed by atoms with Gasteiger partial charge in [0.25, 0.3) is 0 Å². The van der Waals surface area contributed by atoms with Crippen LogP contribution in [0.1, 0.15) is 24.8 Å². The van der Waals surface area contributed by atoms with Crippen molar-refractivity contribution in [3.63, 3.8) is 0 Å². The van der Waals surface area contributed by atoms with Crippen molar-refractivity contribution in [3.05, 3.63) is 47.0 Å². The molecule has 2 aliphatic heterocycles. The molecule has 5 rings (SSSR count). The average Bonchev–Trinajstić information content (AvgIpc) is 3.37. The van der Waals surface area contributed by atoms with E-state index in [0.717, 1.165) is 0 Å². The van der Waals surface area contributed by atoms with Gasteiger partial charge in [0.15, 0.2) is 0 Å². The topological polar surface area (TPSA) is 93.2 Å². The molecule has 2 aromatic rings. The number of fused-ring (bicyclic) bond motifs is 1. The van der Waals surface area contributed by atoms with Crippen molar-refractivity contribution in [1.82, 2.24) is 0 Å². The number of anilines is 2. The van der Waals surface area contributed by atoms with Crippen LogP contribution in [0.15, 0.2) is 36.4 Å². The van der Waals surface area contributed by atoms with Gasteiger partial charge in [-0.05, 0) is 61.7 Å². The van der Waals surface area contributed by atoms with E-state index in [2.05, 4.69) is 31.9 Å². The number of benzene rings is 2. The lowest BCUT2D eigenvalue weighted by Gasteiger charge is -2.29. The maximum absolute atomic E-state index is 13.2. The van der Waals surface area contributed by atoms with Crippen LogP contribution in [-0.2, 0) is 19.2 Å². The van der Waals surface area contributed by atoms with Gasteiger partial charge in [-0.25, -0.2) is 4.90 Å². The van der Waals surface area contributed by atoms with Gasteiger partial charge >= 0.3 is 5.97 Å². The first kappa shape index (κ1) is 27.1. The Morgan fingerprint density at radius 2 is 1.63 bits per heavy atom. The summed E-state index contributed by atoms with van der Waals surface area (Å²) in [6, 6.07) is 9.79. The molecule has 0 N–H and O–H groups in total. The van der Waals surface area contributed by atoms with Crippen molar-refractivity contribution in [2.24, 2.45) is 17.8 Å². The van der Waals surface area contributed by atoms with Gasteiger partial charge in [0.2, 0.25) is 17.7 Å². The molecule has 11 heteroatoms. The van der Waals surface area contributed by atoms with Crippen molar-refractivity contribution in [2.75, 3.05) is 23.5 Å². The van der Waals surface area contributed by atoms with Gasteiger partial charge in [-0.2, -0.15) is 0 Å². The Hall–Kier alpha value is -2.43.